The lowest BCUT2D eigenvalue weighted by atomic mass is 9.89. The van der Waals surface area contributed by atoms with Crippen molar-refractivity contribution in [2.24, 2.45) is 0 Å². The molecule has 0 saturated carbocycles. The number of amides is 1. The Morgan fingerprint density at radius 3 is 2.58 bits per heavy atom. The number of aryl methyl sites for hydroxylation is 2. The number of methoxy groups -OCH3 is 1. The first-order chi connectivity index (χ1) is 11.6. The van der Waals surface area contributed by atoms with Crippen LogP contribution in [0, 0.1) is 5.82 Å². The molecule has 3 nitrogen and oxygen atoms in total. The lowest BCUT2D eigenvalue weighted by molar-refractivity contribution is 0.0939. The second-order valence-corrected chi connectivity index (χ2v) is 6.28. The molecule has 1 amide bonds. The van der Waals surface area contributed by atoms with Crippen molar-refractivity contribution in [2.45, 2.75) is 38.6 Å². The summed E-state index contributed by atoms with van der Waals surface area (Å²) in [5.74, 6) is -0.692. The van der Waals surface area contributed by atoms with Crippen LogP contribution in [0.15, 0.2) is 36.4 Å². The van der Waals surface area contributed by atoms with Crippen molar-refractivity contribution in [1.82, 2.24) is 5.32 Å². The van der Waals surface area contributed by atoms with Crippen molar-refractivity contribution in [3.05, 3.63) is 64.5 Å². The van der Waals surface area contributed by atoms with Crippen LogP contribution >= 0.6 is 0 Å². The molecule has 126 valence electrons. The van der Waals surface area contributed by atoms with Crippen LogP contribution in [0.1, 0.15) is 52.9 Å². The van der Waals surface area contributed by atoms with Crippen LogP contribution in [0.4, 0.5) is 4.39 Å². The maximum atomic E-state index is 13.8. The highest BCUT2D eigenvalue weighted by molar-refractivity contribution is 5.94. The zero-order valence-electron chi connectivity index (χ0n) is 14.1. The summed E-state index contributed by atoms with van der Waals surface area (Å²) >= 11 is 0. The van der Waals surface area contributed by atoms with Gasteiger partial charge >= 0.3 is 0 Å². The number of halogens is 1. The summed E-state index contributed by atoms with van der Waals surface area (Å²) in [4.78, 5) is 12.4. The quantitative estimate of drug-likeness (QED) is 0.914. The highest BCUT2D eigenvalue weighted by Gasteiger charge is 2.16. The third-order valence-corrected chi connectivity index (χ3v) is 4.63. The number of nitrogens with one attached hydrogen (secondary N) is 1. The zero-order chi connectivity index (χ0) is 17.1. The molecule has 0 unspecified atom stereocenters. The Labute approximate surface area is 141 Å². The van der Waals surface area contributed by atoms with E-state index in [0.29, 0.717) is 0 Å². The molecule has 1 N–H and O–H groups in total. The second-order valence-electron chi connectivity index (χ2n) is 6.28. The molecule has 0 radical (unpaired) electrons. The van der Waals surface area contributed by atoms with Crippen LogP contribution in [-0.2, 0) is 12.8 Å². The molecule has 1 atom stereocenters. The largest absolute Gasteiger partial charge is 0.494 e. The maximum absolute atomic E-state index is 13.8. The molecule has 0 saturated heterocycles. The van der Waals surface area contributed by atoms with Crippen LogP contribution in [0.2, 0.25) is 0 Å². The molecule has 1 aliphatic carbocycles. The van der Waals surface area contributed by atoms with Gasteiger partial charge in [0.15, 0.2) is 11.6 Å². The predicted molar refractivity (Wildman–Crippen MR) is 91.9 cm³/mol. The standard InChI is InChI=1S/C20H22FNO2/c1-13(15-8-7-14-5-3-4-6-16(14)11-15)22-20(23)17-9-10-19(24-2)18(21)12-17/h7-13H,3-6H2,1-2H3,(H,22,23)/t13-/m1/s1. The van der Waals surface area contributed by atoms with Gasteiger partial charge < -0.3 is 10.1 Å². The number of rotatable bonds is 4. The van der Waals surface area contributed by atoms with Gasteiger partial charge in [0.05, 0.1) is 13.2 Å². The molecular formula is C20H22FNO2. The molecule has 2 aromatic rings. The summed E-state index contributed by atoms with van der Waals surface area (Å²) in [7, 11) is 1.40. The van der Waals surface area contributed by atoms with Crippen molar-refractivity contribution >= 4 is 5.91 Å². The van der Waals surface area contributed by atoms with Crippen LogP contribution < -0.4 is 10.1 Å². The van der Waals surface area contributed by atoms with Gasteiger partial charge in [-0.2, -0.15) is 0 Å². The fourth-order valence-corrected chi connectivity index (χ4v) is 3.19. The van der Waals surface area contributed by atoms with E-state index in [9.17, 15) is 9.18 Å². The summed E-state index contributed by atoms with van der Waals surface area (Å²) in [5.41, 5.74) is 4.17. The Morgan fingerprint density at radius 1 is 1.12 bits per heavy atom. The zero-order valence-corrected chi connectivity index (χ0v) is 14.1. The first-order valence-corrected chi connectivity index (χ1v) is 8.34. The second kappa shape index (κ2) is 7.04. The van der Waals surface area contributed by atoms with Crippen molar-refractivity contribution in [2.75, 3.05) is 7.11 Å². The third kappa shape index (κ3) is 3.42. The monoisotopic (exact) mass is 327 g/mol. The summed E-state index contributed by atoms with van der Waals surface area (Å²) in [6, 6.07) is 10.5. The highest BCUT2D eigenvalue weighted by atomic mass is 19.1. The lowest BCUT2D eigenvalue weighted by Crippen LogP contribution is -2.27. The van der Waals surface area contributed by atoms with Crippen molar-refractivity contribution < 1.29 is 13.9 Å². The molecule has 24 heavy (non-hydrogen) atoms. The number of carbonyl (C=O) groups is 1. The maximum Gasteiger partial charge on any atom is 0.251 e. The average Bonchev–Trinajstić information content (AvgIpc) is 2.61. The minimum Gasteiger partial charge on any atom is -0.494 e. The fraction of sp³-hybridized carbons (Fsp3) is 0.350. The Kier molecular flexibility index (Phi) is 4.84. The number of hydrogen-bond donors (Lipinski definition) is 1. The van der Waals surface area contributed by atoms with Gasteiger partial charge in [0.1, 0.15) is 0 Å². The summed E-state index contributed by atoms with van der Waals surface area (Å²) < 4.78 is 18.6. The molecule has 0 fully saturated rings. The van der Waals surface area contributed by atoms with Gasteiger partial charge in [-0.05, 0) is 67.5 Å². The van der Waals surface area contributed by atoms with E-state index in [1.807, 2.05) is 6.92 Å². The van der Waals surface area contributed by atoms with Crippen LogP contribution in [0.3, 0.4) is 0 Å². The molecule has 0 spiro atoms. The van der Waals surface area contributed by atoms with Crippen LogP contribution in [0.25, 0.3) is 0 Å². The van der Waals surface area contributed by atoms with Gasteiger partial charge in [-0.25, -0.2) is 4.39 Å². The molecule has 0 aromatic heterocycles. The van der Waals surface area contributed by atoms with Crippen LogP contribution in [-0.4, -0.2) is 13.0 Å². The lowest BCUT2D eigenvalue weighted by Gasteiger charge is -2.20. The predicted octanol–water partition coefficient (Wildman–Crippen LogP) is 4.20. The third-order valence-electron chi connectivity index (χ3n) is 4.63. The number of benzene rings is 2. The topological polar surface area (TPSA) is 38.3 Å². The Balaban J connectivity index is 1.73. The molecule has 3 rings (SSSR count). The van der Waals surface area contributed by atoms with E-state index in [2.05, 4.69) is 23.5 Å². The summed E-state index contributed by atoms with van der Waals surface area (Å²) in [6.45, 7) is 1.95. The molecule has 0 bridgehead atoms. The van der Waals surface area contributed by atoms with E-state index < -0.39 is 5.82 Å². The normalized spacial score (nSPS) is 14.6. The van der Waals surface area contributed by atoms with E-state index in [4.69, 9.17) is 4.74 Å². The summed E-state index contributed by atoms with van der Waals surface area (Å²) in [6.07, 6.45) is 4.72. The molecule has 2 aromatic carbocycles. The molecule has 1 aliphatic rings. The molecule has 0 aliphatic heterocycles. The number of fused-ring (bicyclic) bond motifs is 1. The van der Waals surface area contributed by atoms with Gasteiger partial charge in [-0.15, -0.1) is 0 Å². The van der Waals surface area contributed by atoms with Crippen molar-refractivity contribution in [1.29, 1.82) is 0 Å². The van der Waals surface area contributed by atoms with Gasteiger partial charge in [0.2, 0.25) is 0 Å². The van der Waals surface area contributed by atoms with Crippen LogP contribution in [0.5, 0.6) is 5.75 Å². The van der Waals surface area contributed by atoms with E-state index in [1.165, 1.54) is 43.2 Å². The molecule has 0 heterocycles. The SMILES string of the molecule is COc1ccc(C(=O)N[C@H](C)c2ccc3c(c2)CCCC3)cc1F. The van der Waals surface area contributed by atoms with Crippen molar-refractivity contribution in [3.63, 3.8) is 0 Å². The summed E-state index contributed by atoms with van der Waals surface area (Å²) in [5, 5.41) is 2.94. The van der Waals surface area contributed by atoms with Gasteiger partial charge in [-0.1, -0.05) is 18.2 Å². The smallest absolute Gasteiger partial charge is 0.251 e. The Morgan fingerprint density at radius 2 is 1.88 bits per heavy atom. The Hall–Kier alpha value is -2.36. The first-order valence-electron chi connectivity index (χ1n) is 8.34. The number of carbonyl (C=O) groups excluding carboxylic acids is 1. The average molecular weight is 327 g/mol. The van der Waals surface area contributed by atoms with E-state index in [-0.39, 0.29) is 23.3 Å². The van der Waals surface area contributed by atoms with Gasteiger partial charge in [0, 0.05) is 5.56 Å². The molecular weight excluding hydrogens is 305 g/mol. The first kappa shape index (κ1) is 16.5. The van der Waals surface area contributed by atoms with Gasteiger partial charge in [-0.3, -0.25) is 4.79 Å². The Bertz CT molecular complexity index is 757. The van der Waals surface area contributed by atoms with Crippen molar-refractivity contribution in [3.8, 4) is 5.75 Å². The fourth-order valence-electron chi connectivity index (χ4n) is 3.19. The minimum atomic E-state index is -0.536. The van der Waals surface area contributed by atoms with E-state index in [1.54, 1.807) is 6.07 Å². The van der Waals surface area contributed by atoms with E-state index >= 15 is 0 Å². The number of hydrogen-bond acceptors (Lipinski definition) is 2. The highest BCUT2D eigenvalue weighted by Crippen LogP contribution is 2.25. The van der Waals surface area contributed by atoms with Gasteiger partial charge in [0.25, 0.3) is 5.91 Å². The molecule has 4 heteroatoms. The minimum absolute atomic E-state index is 0.130. The van der Waals surface area contributed by atoms with E-state index in [0.717, 1.165) is 18.4 Å². The number of ether oxygens (including phenoxy) is 1.